The van der Waals surface area contributed by atoms with Crippen LogP contribution in [0, 0.1) is 0 Å². The van der Waals surface area contributed by atoms with E-state index in [9.17, 15) is 9.59 Å². The van der Waals surface area contributed by atoms with Gasteiger partial charge in [-0.2, -0.15) is 0 Å². The van der Waals surface area contributed by atoms with E-state index in [0.717, 1.165) is 16.5 Å². The third kappa shape index (κ3) is 2.83. The monoisotopic (exact) mass is 367 g/mol. The van der Waals surface area contributed by atoms with E-state index in [0.29, 0.717) is 6.54 Å². The van der Waals surface area contributed by atoms with Crippen LogP contribution < -0.4 is 10.6 Å². The van der Waals surface area contributed by atoms with Crippen LogP contribution in [0.15, 0.2) is 78.6 Å². The zero-order valence-electron chi connectivity index (χ0n) is 15.0. The van der Waals surface area contributed by atoms with Crippen LogP contribution in [0.5, 0.6) is 0 Å². The number of hydrogen-bond acceptors (Lipinski definition) is 2. The molecule has 0 spiro atoms. The van der Waals surface area contributed by atoms with Crippen molar-refractivity contribution in [1.82, 2.24) is 15.2 Å². The van der Waals surface area contributed by atoms with E-state index in [4.69, 9.17) is 0 Å². The number of amides is 3. The second-order valence-electron chi connectivity index (χ2n) is 6.88. The largest absolute Gasteiger partial charge is 0.342 e. The Bertz CT molecular complexity index is 1280. The van der Waals surface area contributed by atoms with E-state index in [2.05, 4.69) is 51.6 Å². The predicted octanol–water partition coefficient (Wildman–Crippen LogP) is 4.02. The van der Waals surface area contributed by atoms with Gasteiger partial charge in [0.2, 0.25) is 0 Å². The highest BCUT2D eigenvalue weighted by Crippen LogP contribution is 2.25. The van der Waals surface area contributed by atoms with Gasteiger partial charge in [0.05, 0.1) is 0 Å². The maximum absolute atomic E-state index is 11.9. The first-order chi connectivity index (χ1) is 13.7. The molecule has 1 fully saturated rings. The summed E-state index contributed by atoms with van der Waals surface area (Å²) in [5.74, 6) is -0.406. The molecule has 1 aliphatic heterocycles. The highest BCUT2D eigenvalue weighted by molar-refractivity contribution is 6.14. The van der Waals surface area contributed by atoms with Crippen molar-refractivity contribution in [3.8, 4) is 0 Å². The first kappa shape index (κ1) is 16.3. The van der Waals surface area contributed by atoms with Gasteiger partial charge in [-0.1, -0.05) is 54.6 Å². The van der Waals surface area contributed by atoms with Crippen LogP contribution in [0.2, 0.25) is 0 Å². The van der Waals surface area contributed by atoms with Crippen LogP contribution in [0.4, 0.5) is 4.79 Å². The lowest BCUT2D eigenvalue weighted by molar-refractivity contribution is -0.115. The van der Waals surface area contributed by atoms with Crippen molar-refractivity contribution in [3.63, 3.8) is 0 Å². The molecule has 2 heterocycles. The van der Waals surface area contributed by atoms with E-state index in [1.165, 1.54) is 16.3 Å². The summed E-state index contributed by atoms with van der Waals surface area (Å²) in [6, 6.07) is 22.3. The van der Waals surface area contributed by atoms with Gasteiger partial charge in [-0.3, -0.25) is 10.1 Å². The Morgan fingerprint density at radius 2 is 1.64 bits per heavy atom. The van der Waals surface area contributed by atoms with Crippen molar-refractivity contribution >= 4 is 39.7 Å². The van der Waals surface area contributed by atoms with Gasteiger partial charge >= 0.3 is 6.03 Å². The number of aromatic nitrogens is 1. The molecule has 1 aromatic heterocycles. The van der Waals surface area contributed by atoms with E-state index in [1.807, 2.05) is 36.5 Å². The third-order valence-corrected chi connectivity index (χ3v) is 5.01. The summed E-state index contributed by atoms with van der Waals surface area (Å²) in [6.07, 6.45) is 3.74. The molecular formula is C23H17N3O2. The van der Waals surface area contributed by atoms with Crippen molar-refractivity contribution in [2.75, 3.05) is 0 Å². The van der Waals surface area contributed by atoms with Crippen LogP contribution >= 0.6 is 0 Å². The minimum absolute atomic E-state index is 0.263. The van der Waals surface area contributed by atoms with Crippen LogP contribution in [-0.2, 0) is 11.3 Å². The lowest BCUT2D eigenvalue weighted by Crippen LogP contribution is -2.22. The highest BCUT2D eigenvalue weighted by atomic mass is 16.2. The lowest BCUT2D eigenvalue weighted by atomic mass is 10.1. The van der Waals surface area contributed by atoms with Gasteiger partial charge in [0.1, 0.15) is 5.70 Å². The molecule has 0 aliphatic carbocycles. The Morgan fingerprint density at radius 3 is 2.46 bits per heavy atom. The summed E-state index contributed by atoms with van der Waals surface area (Å²) in [5.41, 5.74) is 3.43. The number of fused-ring (bicyclic) bond motifs is 2. The standard InChI is InChI=1S/C23H17N3O2/c27-22-20(24-23(28)25-22)12-18-14-26(21-8-4-3-7-19(18)21)13-15-9-10-16-5-1-2-6-17(16)11-15/h1-12,14H,13H2,(H2,24,25,27,28). The number of nitrogens with one attached hydrogen (secondary N) is 2. The molecule has 5 rings (SSSR count). The van der Waals surface area contributed by atoms with E-state index in [-0.39, 0.29) is 5.70 Å². The molecule has 5 nitrogen and oxygen atoms in total. The third-order valence-electron chi connectivity index (χ3n) is 5.01. The van der Waals surface area contributed by atoms with Crippen molar-refractivity contribution in [3.05, 3.63) is 89.8 Å². The molecule has 0 unspecified atom stereocenters. The van der Waals surface area contributed by atoms with E-state index >= 15 is 0 Å². The number of carbonyl (C=O) groups excluding carboxylic acids is 2. The molecule has 0 bridgehead atoms. The number of para-hydroxylation sites is 1. The molecule has 0 saturated carbocycles. The van der Waals surface area contributed by atoms with Crippen LogP contribution in [-0.4, -0.2) is 16.5 Å². The first-order valence-electron chi connectivity index (χ1n) is 9.07. The number of benzene rings is 3. The Hall–Kier alpha value is -3.86. The average molecular weight is 367 g/mol. The molecule has 0 radical (unpaired) electrons. The maximum atomic E-state index is 11.9. The Kier molecular flexibility index (Phi) is 3.72. The molecule has 28 heavy (non-hydrogen) atoms. The van der Waals surface area contributed by atoms with Gasteiger partial charge in [-0.25, -0.2) is 4.79 Å². The summed E-state index contributed by atoms with van der Waals surface area (Å²) in [6.45, 7) is 0.715. The van der Waals surface area contributed by atoms with Crippen molar-refractivity contribution in [2.45, 2.75) is 6.54 Å². The molecule has 2 N–H and O–H groups in total. The number of urea groups is 1. The summed E-state index contributed by atoms with van der Waals surface area (Å²) in [7, 11) is 0. The minimum atomic E-state index is -0.490. The SMILES string of the molecule is O=C1NC(=O)C(=Cc2cn(Cc3ccc4ccccc4c3)c3ccccc23)N1. The molecule has 136 valence electrons. The topological polar surface area (TPSA) is 63.1 Å². The fourth-order valence-electron chi connectivity index (χ4n) is 3.69. The van der Waals surface area contributed by atoms with Crippen molar-refractivity contribution in [2.24, 2.45) is 0 Å². The van der Waals surface area contributed by atoms with Gasteiger partial charge in [0.15, 0.2) is 0 Å². The number of nitrogens with zero attached hydrogens (tertiary/aromatic N) is 1. The zero-order valence-corrected chi connectivity index (χ0v) is 15.0. The summed E-state index contributed by atoms with van der Waals surface area (Å²) in [5, 5.41) is 8.25. The second-order valence-corrected chi connectivity index (χ2v) is 6.88. The molecule has 1 saturated heterocycles. The minimum Gasteiger partial charge on any atom is -0.342 e. The zero-order chi connectivity index (χ0) is 19.1. The summed E-state index contributed by atoms with van der Waals surface area (Å²) >= 11 is 0. The quantitative estimate of drug-likeness (QED) is 0.424. The van der Waals surface area contributed by atoms with Gasteiger partial charge in [0, 0.05) is 29.2 Å². The number of hydrogen-bond donors (Lipinski definition) is 2. The fourth-order valence-corrected chi connectivity index (χ4v) is 3.69. The Balaban J connectivity index is 1.57. The molecule has 5 heteroatoms. The van der Waals surface area contributed by atoms with Crippen LogP contribution in [0.1, 0.15) is 11.1 Å². The predicted molar refractivity (Wildman–Crippen MR) is 110 cm³/mol. The van der Waals surface area contributed by atoms with Gasteiger partial charge in [0.25, 0.3) is 5.91 Å². The van der Waals surface area contributed by atoms with Crippen molar-refractivity contribution < 1.29 is 9.59 Å². The van der Waals surface area contributed by atoms with Gasteiger partial charge in [-0.05, 0) is 34.5 Å². The maximum Gasteiger partial charge on any atom is 0.326 e. The van der Waals surface area contributed by atoms with Gasteiger partial charge < -0.3 is 9.88 Å². The average Bonchev–Trinajstić information content (AvgIpc) is 3.21. The molecule has 3 amide bonds. The number of carbonyl (C=O) groups is 2. The van der Waals surface area contributed by atoms with Gasteiger partial charge in [-0.15, -0.1) is 0 Å². The van der Waals surface area contributed by atoms with Crippen LogP contribution in [0.3, 0.4) is 0 Å². The smallest absolute Gasteiger partial charge is 0.326 e. The van der Waals surface area contributed by atoms with Crippen molar-refractivity contribution in [1.29, 1.82) is 0 Å². The summed E-state index contributed by atoms with van der Waals surface area (Å²) < 4.78 is 2.17. The molecule has 1 aliphatic rings. The Morgan fingerprint density at radius 1 is 0.857 bits per heavy atom. The Labute approximate surface area is 161 Å². The van der Waals surface area contributed by atoms with E-state index in [1.54, 1.807) is 6.08 Å². The van der Waals surface area contributed by atoms with Crippen LogP contribution in [0.25, 0.3) is 27.8 Å². The highest BCUT2D eigenvalue weighted by Gasteiger charge is 2.23. The normalized spacial score (nSPS) is 15.4. The molecule has 0 atom stereocenters. The molecule has 4 aromatic rings. The molecular weight excluding hydrogens is 350 g/mol. The lowest BCUT2D eigenvalue weighted by Gasteiger charge is -2.07. The first-order valence-corrected chi connectivity index (χ1v) is 9.07. The van der Waals surface area contributed by atoms with E-state index < -0.39 is 11.9 Å². The second kappa shape index (κ2) is 6.39. The summed E-state index contributed by atoms with van der Waals surface area (Å²) in [4.78, 5) is 23.3. The number of imide groups is 1. The fraction of sp³-hybridized carbons (Fsp3) is 0.0435. The molecule has 3 aromatic carbocycles. The number of rotatable bonds is 3.